The summed E-state index contributed by atoms with van der Waals surface area (Å²) in [5.74, 6) is 0.645. The van der Waals surface area contributed by atoms with Crippen LogP contribution in [0.1, 0.15) is 51.6 Å². The van der Waals surface area contributed by atoms with E-state index in [9.17, 15) is 13.2 Å². The highest BCUT2D eigenvalue weighted by Crippen LogP contribution is 2.23. The van der Waals surface area contributed by atoms with Crippen molar-refractivity contribution in [1.29, 1.82) is 0 Å². The summed E-state index contributed by atoms with van der Waals surface area (Å²) in [6.45, 7) is 8.39. The lowest BCUT2D eigenvalue weighted by molar-refractivity contribution is -0.122. The molecule has 0 saturated carbocycles. The average molecular weight is 486 g/mol. The Balaban J connectivity index is 1.62. The molecule has 0 aliphatic carbocycles. The number of sulfonamides is 1. The molecule has 2 aromatic heterocycles. The van der Waals surface area contributed by atoms with Crippen LogP contribution in [0.2, 0.25) is 0 Å². The van der Waals surface area contributed by atoms with Gasteiger partial charge in [0.15, 0.2) is 0 Å². The van der Waals surface area contributed by atoms with E-state index in [-0.39, 0.29) is 23.1 Å². The lowest BCUT2D eigenvalue weighted by Gasteiger charge is -2.19. The number of hydrogen-bond donors (Lipinski definition) is 1. The summed E-state index contributed by atoms with van der Waals surface area (Å²) in [4.78, 5) is 21.4. The van der Waals surface area contributed by atoms with Crippen LogP contribution in [-0.2, 0) is 21.2 Å². The van der Waals surface area contributed by atoms with E-state index in [1.807, 2.05) is 33.8 Å². The van der Waals surface area contributed by atoms with Gasteiger partial charge in [0.1, 0.15) is 6.04 Å². The minimum absolute atomic E-state index is 0.0377. The van der Waals surface area contributed by atoms with Crippen molar-refractivity contribution in [3.8, 4) is 11.4 Å². The van der Waals surface area contributed by atoms with E-state index in [0.29, 0.717) is 31.2 Å². The summed E-state index contributed by atoms with van der Waals surface area (Å²) >= 11 is 0. The first kappa shape index (κ1) is 25.5. The molecule has 3 rings (SSSR count). The zero-order valence-corrected chi connectivity index (χ0v) is 20.7. The first-order chi connectivity index (χ1) is 16.3. The van der Waals surface area contributed by atoms with Gasteiger partial charge in [-0.3, -0.25) is 9.78 Å². The van der Waals surface area contributed by atoms with Crippen molar-refractivity contribution in [2.24, 2.45) is 5.92 Å². The third-order valence-electron chi connectivity index (χ3n) is 5.52. The fourth-order valence-corrected chi connectivity index (χ4v) is 4.99. The van der Waals surface area contributed by atoms with Gasteiger partial charge in [0.05, 0.1) is 4.90 Å². The highest BCUT2D eigenvalue weighted by Gasteiger charge is 2.25. The fraction of sp³-hybridized carbons (Fsp3) is 0.417. The van der Waals surface area contributed by atoms with Gasteiger partial charge in [-0.2, -0.15) is 9.29 Å². The van der Waals surface area contributed by atoms with Gasteiger partial charge in [-0.05, 0) is 42.2 Å². The maximum atomic E-state index is 12.7. The molecule has 1 amide bonds. The largest absolute Gasteiger partial charge is 0.344 e. The number of nitrogens with zero attached hydrogens (tertiary/aromatic N) is 4. The Hall–Kier alpha value is -3.11. The lowest BCUT2D eigenvalue weighted by atomic mass is 10.0. The SMILES string of the molecule is CCN(CC)S(=O)(=O)c1ccc(CCC(=O)NC(c2nc(-c3cccnc3)no2)C(C)C)cc1. The number of nitrogens with one attached hydrogen (secondary N) is 1. The van der Waals surface area contributed by atoms with E-state index in [4.69, 9.17) is 4.52 Å². The molecule has 10 heteroatoms. The molecule has 0 radical (unpaired) electrons. The molecule has 0 saturated heterocycles. The Morgan fingerprint density at radius 3 is 2.41 bits per heavy atom. The topological polar surface area (TPSA) is 118 Å². The van der Waals surface area contributed by atoms with Crippen molar-refractivity contribution >= 4 is 15.9 Å². The zero-order valence-electron chi connectivity index (χ0n) is 19.9. The van der Waals surface area contributed by atoms with Crippen LogP contribution in [0.15, 0.2) is 58.2 Å². The average Bonchev–Trinajstić information content (AvgIpc) is 3.32. The maximum absolute atomic E-state index is 12.7. The first-order valence-electron chi connectivity index (χ1n) is 11.4. The molecule has 0 aliphatic rings. The second-order valence-corrected chi connectivity index (χ2v) is 10.2. The smallest absolute Gasteiger partial charge is 0.249 e. The summed E-state index contributed by atoms with van der Waals surface area (Å²) in [6, 6.07) is 9.89. The Kier molecular flexibility index (Phi) is 8.51. The van der Waals surface area contributed by atoms with E-state index in [2.05, 4.69) is 20.4 Å². The van der Waals surface area contributed by atoms with Crippen molar-refractivity contribution in [2.75, 3.05) is 13.1 Å². The molecule has 9 nitrogen and oxygen atoms in total. The van der Waals surface area contributed by atoms with Crippen LogP contribution < -0.4 is 5.32 Å². The highest BCUT2D eigenvalue weighted by molar-refractivity contribution is 7.89. The Bertz CT molecular complexity index is 1170. The molecule has 0 fully saturated rings. The Labute approximate surface area is 200 Å². The molecule has 182 valence electrons. The summed E-state index contributed by atoms with van der Waals surface area (Å²) in [5, 5.41) is 6.99. The van der Waals surface area contributed by atoms with Gasteiger partial charge in [0.25, 0.3) is 0 Å². The quantitative estimate of drug-likeness (QED) is 0.441. The van der Waals surface area contributed by atoms with Gasteiger partial charge in [0, 0.05) is 37.5 Å². The van der Waals surface area contributed by atoms with Gasteiger partial charge in [-0.25, -0.2) is 8.42 Å². The number of carbonyl (C=O) groups is 1. The Morgan fingerprint density at radius 2 is 1.82 bits per heavy atom. The van der Waals surface area contributed by atoms with Crippen LogP contribution in [0.5, 0.6) is 0 Å². The molecule has 1 N–H and O–H groups in total. The number of pyridine rings is 1. The minimum Gasteiger partial charge on any atom is -0.344 e. The normalized spacial score (nSPS) is 12.8. The lowest BCUT2D eigenvalue weighted by Crippen LogP contribution is -2.32. The molecule has 34 heavy (non-hydrogen) atoms. The number of benzene rings is 1. The standard InChI is InChI=1S/C24H31N5O4S/c1-5-29(6-2)34(31,32)20-12-9-18(10-13-20)11-14-21(30)26-22(17(3)4)24-27-23(28-33-24)19-8-7-15-25-16-19/h7-10,12-13,15-17,22H,5-6,11,14H2,1-4H3,(H,26,30). The minimum atomic E-state index is -3.50. The molecule has 2 heterocycles. The Morgan fingerprint density at radius 1 is 1.12 bits per heavy atom. The van der Waals surface area contributed by atoms with E-state index < -0.39 is 16.1 Å². The summed E-state index contributed by atoms with van der Waals surface area (Å²) in [6.07, 6.45) is 4.04. The molecule has 1 aromatic carbocycles. The molecule has 0 aliphatic heterocycles. The fourth-order valence-electron chi connectivity index (χ4n) is 3.53. The van der Waals surface area contributed by atoms with Crippen molar-refractivity contribution in [3.63, 3.8) is 0 Å². The second-order valence-electron chi connectivity index (χ2n) is 8.22. The van der Waals surface area contributed by atoms with Gasteiger partial charge in [0.2, 0.25) is 27.6 Å². The zero-order chi connectivity index (χ0) is 24.7. The van der Waals surface area contributed by atoms with Crippen molar-refractivity contribution in [2.45, 2.75) is 51.5 Å². The third kappa shape index (κ3) is 6.06. The first-order valence-corrected chi connectivity index (χ1v) is 12.8. The van der Waals surface area contributed by atoms with Crippen molar-refractivity contribution in [3.05, 3.63) is 60.2 Å². The van der Waals surface area contributed by atoms with Crippen LogP contribution in [-0.4, -0.2) is 46.8 Å². The monoisotopic (exact) mass is 485 g/mol. The van der Waals surface area contributed by atoms with Gasteiger partial charge in [-0.15, -0.1) is 0 Å². The van der Waals surface area contributed by atoms with Crippen LogP contribution in [0, 0.1) is 5.92 Å². The summed E-state index contributed by atoms with van der Waals surface area (Å²) < 4.78 is 32.1. The predicted octanol–water partition coefficient (Wildman–Crippen LogP) is 3.61. The van der Waals surface area contributed by atoms with E-state index in [1.54, 1.807) is 42.7 Å². The number of aromatic nitrogens is 3. The molecule has 3 aromatic rings. The van der Waals surface area contributed by atoms with Crippen LogP contribution >= 0.6 is 0 Å². The molecular weight excluding hydrogens is 454 g/mol. The van der Waals surface area contributed by atoms with Gasteiger partial charge < -0.3 is 9.84 Å². The number of aryl methyl sites for hydroxylation is 1. The molecule has 0 spiro atoms. The van der Waals surface area contributed by atoms with Crippen LogP contribution in [0.25, 0.3) is 11.4 Å². The third-order valence-corrected chi connectivity index (χ3v) is 7.58. The van der Waals surface area contributed by atoms with Gasteiger partial charge in [-0.1, -0.05) is 45.0 Å². The molecular formula is C24H31N5O4S. The molecule has 1 unspecified atom stereocenters. The highest BCUT2D eigenvalue weighted by atomic mass is 32.2. The van der Waals surface area contributed by atoms with Crippen molar-refractivity contribution in [1.82, 2.24) is 24.7 Å². The predicted molar refractivity (Wildman–Crippen MR) is 128 cm³/mol. The number of hydrogen-bond acceptors (Lipinski definition) is 7. The summed E-state index contributed by atoms with van der Waals surface area (Å²) in [5.41, 5.74) is 1.61. The number of carbonyl (C=O) groups excluding carboxylic acids is 1. The van der Waals surface area contributed by atoms with Crippen LogP contribution in [0.4, 0.5) is 0 Å². The molecule has 0 bridgehead atoms. The summed E-state index contributed by atoms with van der Waals surface area (Å²) in [7, 11) is -3.50. The van der Waals surface area contributed by atoms with Crippen molar-refractivity contribution < 1.29 is 17.7 Å². The van der Waals surface area contributed by atoms with E-state index in [0.717, 1.165) is 11.1 Å². The van der Waals surface area contributed by atoms with E-state index >= 15 is 0 Å². The maximum Gasteiger partial charge on any atom is 0.249 e. The van der Waals surface area contributed by atoms with E-state index in [1.165, 1.54) is 4.31 Å². The second kappa shape index (κ2) is 11.3. The van der Waals surface area contributed by atoms with Crippen LogP contribution in [0.3, 0.4) is 0 Å². The number of rotatable bonds is 11. The number of amides is 1. The van der Waals surface area contributed by atoms with Gasteiger partial charge >= 0.3 is 0 Å². The molecule has 1 atom stereocenters.